The van der Waals surface area contributed by atoms with E-state index in [1.165, 1.54) is 43.5 Å². The standard InChI is InChI=1S/C16H24N2OS/c1-2-16(9-6-10-16)15(19)18-13-11-17-14(20-13)12-7-4-3-5-8-12/h11-12H,2-10H2,1H3,(H,18,19). The monoisotopic (exact) mass is 292 g/mol. The lowest BCUT2D eigenvalue weighted by atomic mass is 9.66. The van der Waals surface area contributed by atoms with Gasteiger partial charge in [0.25, 0.3) is 0 Å². The molecule has 0 radical (unpaired) electrons. The highest BCUT2D eigenvalue weighted by molar-refractivity contribution is 7.15. The van der Waals surface area contributed by atoms with Crippen LogP contribution in [0, 0.1) is 5.41 Å². The fraction of sp³-hybridized carbons (Fsp3) is 0.750. The molecule has 4 heteroatoms. The zero-order chi connectivity index (χ0) is 14.0. The Bertz CT molecular complexity index is 467. The molecule has 1 aromatic heterocycles. The quantitative estimate of drug-likeness (QED) is 0.873. The van der Waals surface area contributed by atoms with Crippen molar-refractivity contribution >= 4 is 22.2 Å². The van der Waals surface area contributed by atoms with Gasteiger partial charge in [-0.2, -0.15) is 0 Å². The lowest BCUT2D eigenvalue weighted by molar-refractivity contribution is -0.130. The topological polar surface area (TPSA) is 42.0 Å². The SMILES string of the molecule is CCC1(C(=O)Nc2cnc(C3CCCCC3)s2)CCC1. The number of aromatic nitrogens is 1. The molecule has 20 heavy (non-hydrogen) atoms. The summed E-state index contributed by atoms with van der Waals surface area (Å²) < 4.78 is 0. The Morgan fingerprint density at radius 3 is 2.70 bits per heavy atom. The van der Waals surface area contributed by atoms with Crippen LogP contribution in [0.1, 0.15) is 75.6 Å². The minimum absolute atomic E-state index is 0.0883. The number of hydrogen-bond donors (Lipinski definition) is 1. The number of carbonyl (C=O) groups is 1. The summed E-state index contributed by atoms with van der Waals surface area (Å²) in [5.74, 6) is 0.841. The van der Waals surface area contributed by atoms with E-state index in [9.17, 15) is 4.79 Å². The summed E-state index contributed by atoms with van der Waals surface area (Å²) in [6.07, 6.45) is 12.6. The van der Waals surface area contributed by atoms with Crippen molar-refractivity contribution in [3.8, 4) is 0 Å². The van der Waals surface area contributed by atoms with Crippen molar-refractivity contribution in [1.82, 2.24) is 4.98 Å². The molecule has 2 fully saturated rings. The number of carbonyl (C=O) groups excluding carboxylic acids is 1. The van der Waals surface area contributed by atoms with Gasteiger partial charge in [0.2, 0.25) is 5.91 Å². The van der Waals surface area contributed by atoms with Gasteiger partial charge in [-0.05, 0) is 32.1 Å². The zero-order valence-corrected chi connectivity index (χ0v) is 13.1. The molecule has 1 amide bonds. The molecule has 3 nitrogen and oxygen atoms in total. The Balaban J connectivity index is 1.63. The highest BCUT2D eigenvalue weighted by Crippen LogP contribution is 2.45. The first-order chi connectivity index (χ1) is 9.73. The Morgan fingerprint density at radius 2 is 2.10 bits per heavy atom. The van der Waals surface area contributed by atoms with E-state index < -0.39 is 0 Å². The third kappa shape index (κ3) is 2.62. The Labute approximate surface area is 125 Å². The maximum absolute atomic E-state index is 12.4. The van der Waals surface area contributed by atoms with Gasteiger partial charge in [0.15, 0.2) is 0 Å². The molecule has 2 aliphatic carbocycles. The fourth-order valence-electron chi connectivity index (χ4n) is 3.47. The Kier molecular flexibility index (Phi) is 4.11. The highest BCUT2D eigenvalue weighted by Gasteiger charge is 2.42. The zero-order valence-electron chi connectivity index (χ0n) is 12.3. The molecule has 0 aromatic carbocycles. The predicted molar refractivity (Wildman–Crippen MR) is 83.1 cm³/mol. The van der Waals surface area contributed by atoms with Crippen LogP contribution in [0.4, 0.5) is 5.00 Å². The maximum atomic E-state index is 12.4. The predicted octanol–water partition coefficient (Wildman–Crippen LogP) is 4.71. The average molecular weight is 292 g/mol. The molecule has 0 saturated heterocycles. The molecule has 2 aliphatic rings. The first kappa shape index (κ1) is 14.1. The summed E-state index contributed by atoms with van der Waals surface area (Å²) >= 11 is 1.69. The number of anilines is 1. The lowest BCUT2D eigenvalue weighted by Gasteiger charge is -2.39. The fourth-order valence-corrected chi connectivity index (χ4v) is 4.46. The minimum Gasteiger partial charge on any atom is -0.316 e. The number of rotatable bonds is 4. The Morgan fingerprint density at radius 1 is 1.35 bits per heavy atom. The molecule has 110 valence electrons. The van der Waals surface area contributed by atoms with Crippen LogP contribution in [0.2, 0.25) is 0 Å². The number of nitrogens with one attached hydrogen (secondary N) is 1. The van der Waals surface area contributed by atoms with Gasteiger partial charge >= 0.3 is 0 Å². The molecule has 1 N–H and O–H groups in total. The summed E-state index contributed by atoms with van der Waals surface area (Å²) in [5.41, 5.74) is -0.0883. The smallest absolute Gasteiger partial charge is 0.231 e. The van der Waals surface area contributed by atoms with E-state index in [1.54, 1.807) is 11.3 Å². The molecule has 1 heterocycles. The van der Waals surface area contributed by atoms with Crippen molar-refractivity contribution in [3.63, 3.8) is 0 Å². The van der Waals surface area contributed by atoms with Crippen LogP contribution in [0.25, 0.3) is 0 Å². The second kappa shape index (κ2) is 5.84. The summed E-state index contributed by atoms with van der Waals surface area (Å²) in [5, 5.41) is 5.27. The van der Waals surface area contributed by atoms with Crippen LogP contribution in [0.3, 0.4) is 0 Å². The lowest BCUT2D eigenvalue weighted by Crippen LogP contribution is -2.41. The maximum Gasteiger partial charge on any atom is 0.231 e. The number of nitrogens with zero attached hydrogens (tertiary/aromatic N) is 1. The number of amides is 1. The summed E-state index contributed by atoms with van der Waals surface area (Å²) in [4.78, 5) is 16.9. The molecule has 2 saturated carbocycles. The van der Waals surface area contributed by atoms with Crippen molar-refractivity contribution in [1.29, 1.82) is 0 Å². The van der Waals surface area contributed by atoms with Crippen molar-refractivity contribution in [2.24, 2.45) is 5.41 Å². The number of hydrogen-bond acceptors (Lipinski definition) is 3. The van der Waals surface area contributed by atoms with E-state index in [-0.39, 0.29) is 11.3 Å². The third-order valence-electron chi connectivity index (χ3n) is 5.18. The van der Waals surface area contributed by atoms with Gasteiger partial charge in [-0.1, -0.05) is 32.6 Å². The van der Waals surface area contributed by atoms with Crippen molar-refractivity contribution in [2.75, 3.05) is 5.32 Å². The van der Waals surface area contributed by atoms with Gasteiger partial charge in [0, 0.05) is 11.3 Å². The van der Waals surface area contributed by atoms with Crippen LogP contribution in [-0.2, 0) is 4.79 Å². The van der Waals surface area contributed by atoms with E-state index >= 15 is 0 Å². The number of thiazole rings is 1. The van der Waals surface area contributed by atoms with Gasteiger partial charge in [-0.25, -0.2) is 4.98 Å². The van der Waals surface area contributed by atoms with Crippen LogP contribution in [0.15, 0.2) is 6.20 Å². The molecule has 1 aromatic rings. The van der Waals surface area contributed by atoms with Gasteiger partial charge < -0.3 is 5.32 Å². The van der Waals surface area contributed by atoms with Crippen LogP contribution in [-0.4, -0.2) is 10.9 Å². The van der Waals surface area contributed by atoms with Crippen molar-refractivity contribution in [3.05, 3.63) is 11.2 Å². The molecule has 0 unspecified atom stereocenters. The summed E-state index contributed by atoms with van der Waals surface area (Å²) in [6.45, 7) is 2.12. The van der Waals surface area contributed by atoms with Crippen molar-refractivity contribution < 1.29 is 4.79 Å². The summed E-state index contributed by atoms with van der Waals surface area (Å²) in [7, 11) is 0. The molecule has 0 bridgehead atoms. The third-order valence-corrected chi connectivity index (χ3v) is 6.26. The first-order valence-corrected chi connectivity index (χ1v) is 8.82. The van der Waals surface area contributed by atoms with Crippen LogP contribution >= 0.6 is 11.3 Å². The second-order valence-electron chi connectivity index (χ2n) is 6.34. The average Bonchev–Trinajstić information content (AvgIpc) is 2.88. The minimum atomic E-state index is -0.0883. The Hall–Kier alpha value is -0.900. The van der Waals surface area contributed by atoms with E-state index in [0.717, 1.165) is 24.3 Å². The first-order valence-electron chi connectivity index (χ1n) is 8.01. The molecular formula is C16H24N2OS. The van der Waals surface area contributed by atoms with Gasteiger partial charge in [0.05, 0.1) is 11.2 Å². The van der Waals surface area contributed by atoms with Gasteiger partial charge in [-0.15, -0.1) is 11.3 Å². The van der Waals surface area contributed by atoms with Crippen molar-refractivity contribution in [2.45, 2.75) is 70.6 Å². The normalized spacial score (nSPS) is 22.2. The molecular weight excluding hydrogens is 268 g/mol. The van der Waals surface area contributed by atoms with Crippen LogP contribution < -0.4 is 5.32 Å². The molecule has 0 aliphatic heterocycles. The molecule has 0 spiro atoms. The largest absolute Gasteiger partial charge is 0.316 e. The van der Waals surface area contributed by atoms with E-state index in [2.05, 4.69) is 17.2 Å². The van der Waals surface area contributed by atoms with Gasteiger partial charge in [0.1, 0.15) is 5.00 Å². The highest BCUT2D eigenvalue weighted by atomic mass is 32.1. The summed E-state index contributed by atoms with van der Waals surface area (Å²) in [6, 6.07) is 0. The van der Waals surface area contributed by atoms with E-state index in [0.29, 0.717) is 5.92 Å². The second-order valence-corrected chi connectivity index (χ2v) is 7.40. The van der Waals surface area contributed by atoms with Crippen LogP contribution in [0.5, 0.6) is 0 Å². The molecule has 0 atom stereocenters. The molecule has 3 rings (SSSR count). The van der Waals surface area contributed by atoms with E-state index in [1.807, 2.05) is 6.20 Å². The van der Waals surface area contributed by atoms with Gasteiger partial charge in [-0.3, -0.25) is 4.79 Å². The van der Waals surface area contributed by atoms with E-state index in [4.69, 9.17) is 0 Å².